The number of morpholine rings is 1. The number of carbonyl (C=O) groups excluding carboxylic acids is 1. The molecule has 2 aromatic carbocycles. The Kier molecular flexibility index (Phi) is 6.42. The van der Waals surface area contributed by atoms with Crippen LogP contribution >= 0.6 is 0 Å². The summed E-state index contributed by atoms with van der Waals surface area (Å²) in [6.45, 7) is 3.46. The Labute approximate surface area is 159 Å². The third-order valence-electron chi connectivity index (χ3n) is 4.82. The van der Waals surface area contributed by atoms with Crippen LogP contribution in [0.4, 0.5) is 10.1 Å². The maximum Gasteiger partial charge on any atom is 0.251 e. The van der Waals surface area contributed by atoms with Crippen molar-refractivity contribution in [3.63, 3.8) is 0 Å². The molecule has 1 aliphatic heterocycles. The van der Waals surface area contributed by atoms with E-state index in [1.807, 2.05) is 14.1 Å². The molecule has 0 aliphatic carbocycles. The van der Waals surface area contributed by atoms with E-state index in [4.69, 9.17) is 4.74 Å². The quantitative estimate of drug-likeness (QED) is 0.848. The highest BCUT2D eigenvalue weighted by atomic mass is 19.1. The first-order valence-corrected chi connectivity index (χ1v) is 9.17. The Morgan fingerprint density at radius 3 is 2.52 bits per heavy atom. The number of anilines is 1. The van der Waals surface area contributed by atoms with Crippen LogP contribution in [0.3, 0.4) is 0 Å². The number of amides is 1. The van der Waals surface area contributed by atoms with Crippen LogP contribution in [0, 0.1) is 5.82 Å². The summed E-state index contributed by atoms with van der Waals surface area (Å²) in [5.41, 5.74) is 2.60. The number of nitrogens with one attached hydrogen (secondary N) is 1. The molecule has 1 unspecified atom stereocenters. The van der Waals surface area contributed by atoms with Crippen LogP contribution in [0.2, 0.25) is 0 Å². The van der Waals surface area contributed by atoms with Crippen molar-refractivity contribution >= 4 is 11.6 Å². The van der Waals surface area contributed by atoms with Gasteiger partial charge in [0.1, 0.15) is 5.82 Å². The molecular weight excluding hydrogens is 345 g/mol. The zero-order valence-electron chi connectivity index (χ0n) is 15.8. The smallest absolute Gasteiger partial charge is 0.251 e. The lowest BCUT2D eigenvalue weighted by molar-refractivity contribution is 0.0162. The van der Waals surface area contributed by atoms with Gasteiger partial charge in [0.05, 0.1) is 19.3 Å². The number of hydrogen-bond donors (Lipinski definition) is 1. The minimum Gasteiger partial charge on any atom is -0.379 e. The van der Waals surface area contributed by atoms with Crippen molar-refractivity contribution in [2.45, 2.75) is 6.04 Å². The van der Waals surface area contributed by atoms with Gasteiger partial charge >= 0.3 is 0 Å². The largest absolute Gasteiger partial charge is 0.379 e. The van der Waals surface area contributed by atoms with Crippen LogP contribution < -0.4 is 10.2 Å². The predicted octanol–water partition coefficient (Wildman–Crippen LogP) is 2.70. The van der Waals surface area contributed by atoms with Gasteiger partial charge in [0.25, 0.3) is 5.91 Å². The van der Waals surface area contributed by atoms with Crippen LogP contribution in [0.1, 0.15) is 22.0 Å². The van der Waals surface area contributed by atoms with Crippen LogP contribution in [-0.4, -0.2) is 57.8 Å². The molecule has 1 saturated heterocycles. The monoisotopic (exact) mass is 371 g/mol. The number of benzene rings is 2. The Balaban J connectivity index is 1.74. The summed E-state index contributed by atoms with van der Waals surface area (Å²) < 4.78 is 18.8. The first kappa shape index (κ1) is 19.3. The van der Waals surface area contributed by atoms with Gasteiger partial charge < -0.3 is 15.0 Å². The van der Waals surface area contributed by atoms with Gasteiger partial charge in [-0.3, -0.25) is 9.69 Å². The van der Waals surface area contributed by atoms with Crippen molar-refractivity contribution in [2.24, 2.45) is 0 Å². The maximum atomic E-state index is 13.4. The lowest BCUT2D eigenvalue weighted by Crippen LogP contribution is -2.43. The molecule has 6 heteroatoms. The van der Waals surface area contributed by atoms with Crippen LogP contribution in [0.25, 0.3) is 0 Å². The second kappa shape index (κ2) is 8.97. The number of ether oxygens (including phenoxy) is 1. The Morgan fingerprint density at radius 2 is 1.89 bits per heavy atom. The summed E-state index contributed by atoms with van der Waals surface area (Å²) >= 11 is 0. The summed E-state index contributed by atoms with van der Waals surface area (Å²) in [5.74, 6) is -0.677. The Hall–Kier alpha value is -2.44. The number of carbonyl (C=O) groups is 1. The van der Waals surface area contributed by atoms with Crippen molar-refractivity contribution in [1.29, 1.82) is 0 Å². The molecule has 1 amide bonds. The van der Waals surface area contributed by atoms with E-state index >= 15 is 0 Å². The lowest BCUT2D eigenvalue weighted by Gasteiger charge is -2.35. The van der Waals surface area contributed by atoms with Crippen molar-refractivity contribution in [3.05, 3.63) is 65.5 Å². The van der Waals surface area contributed by atoms with E-state index in [2.05, 4.69) is 39.4 Å². The van der Waals surface area contributed by atoms with E-state index in [9.17, 15) is 9.18 Å². The highest BCUT2D eigenvalue weighted by molar-refractivity contribution is 5.94. The van der Waals surface area contributed by atoms with Gasteiger partial charge in [-0.2, -0.15) is 0 Å². The molecule has 1 N–H and O–H groups in total. The van der Waals surface area contributed by atoms with E-state index in [1.54, 1.807) is 12.1 Å². The second-order valence-electron chi connectivity index (χ2n) is 6.87. The summed E-state index contributed by atoms with van der Waals surface area (Å²) in [7, 11) is 4.02. The van der Waals surface area contributed by atoms with Gasteiger partial charge in [0, 0.05) is 45.0 Å². The molecule has 0 saturated carbocycles. The Bertz CT molecular complexity index is 758. The molecule has 3 rings (SSSR count). The topological polar surface area (TPSA) is 44.8 Å². The molecule has 1 atom stereocenters. The van der Waals surface area contributed by atoms with Gasteiger partial charge in [0.15, 0.2) is 0 Å². The van der Waals surface area contributed by atoms with E-state index in [-0.39, 0.29) is 11.9 Å². The molecule has 0 radical (unpaired) electrons. The predicted molar refractivity (Wildman–Crippen MR) is 105 cm³/mol. The molecule has 0 bridgehead atoms. The second-order valence-corrected chi connectivity index (χ2v) is 6.87. The van der Waals surface area contributed by atoms with Crippen molar-refractivity contribution in [2.75, 3.05) is 51.8 Å². The molecular formula is C21H26FN3O2. The molecule has 0 spiro atoms. The molecule has 1 aliphatic rings. The summed E-state index contributed by atoms with van der Waals surface area (Å²) in [4.78, 5) is 16.8. The summed E-state index contributed by atoms with van der Waals surface area (Å²) in [5, 5.41) is 2.96. The van der Waals surface area contributed by atoms with Crippen LogP contribution in [0.5, 0.6) is 0 Å². The van der Waals surface area contributed by atoms with Gasteiger partial charge in [-0.15, -0.1) is 0 Å². The normalized spacial score (nSPS) is 16.0. The third-order valence-corrected chi connectivity index (χ3v) is 4.82. The molecule has 0 aromatic heterocycles. The molecule has 1 fully saturated rings. The zero-order chi connectivity index (χ0) is 19.2. The summed E-state index contributed by atoms with van der Waals surface area (Å²) in [6, 6.07) is 14.2. The van der Waals surface area contributed by atoms with Crippen molar-refractivity contribution in [3.8, 4) is 0 Å². The Morgan fingerprint density at radius 1 is 1.19 bits per heavy atom. The minimum absolute atomic E-state index is 0.0441. The first-order chi connectivity index (χ1) is 13.0. The highest BCUT2D eigenvalue weighted by Gasteiger charge is 2.23. The minimum atomic E-state index is -0.411. The van der Waals surface area contributed by atoms with E-state index in [0.29, 0.717) is 25.3 Å². The lowest BCUT2D eigenvalue weighted by atomic mass is 10.0. The number of rotatable bonds is 6. The molecule has 27 heavy (non-hydrogen) atoms. The van der Waals surface area contributed by atoms with Gasteiger partial charge in [-0.05, 0) is 35.9 Å². The molecule has 1 heterocycles. The van der Waals surface area contributed by atoms with Crippen molar-refractivity contribution in [1.82, 2.24) is 10.2 Å². The number of hydrogen-bond acceptors (Lipinski definition) is 4. The maximum absolute atomic E-state index is 13.4. The van der Waals surface area contributed by atoms with E-state index in [0.717, 1.165) is 24.3 Å². The van der Waals surface area contributed by atoms with Crippen molar-refractivity contribution < 1.29 is 13.9 Å². The fourth-order valence-electron chi connectivity index (χ4n) is 3.26. The number of halogens is 1. The van der Waals surface area contributed by atoms with Crippen LogP contribution in [-0.2, 0) is 4.74 Å². The highest BCUT2D eigenvalue weighted by Crippen LogP contribution is 2.24. The summed E-state index contributed by atoms with van der Waals surface area (Å²) in [6.07, 6.45) is 0. The molecule has 5 nitrogen and oxygen atoms in total. The number of nitrogens with zero attached hydrogens (tertiary/aromatic N) is 2. The van der Waals surface area contributed by atoms with Crippen LogP contribution in [0.15, 0.2) is 48.5 Å². The average Bonchev–Trinajstić information content (AvgIpc) is 2.69. The van der Waals surface area contributed by atoms with Gasteiger partial charge in [-0.1, -0.05) is 18.2 Å². The molecule has 2 aromatic rings. The fraction of sp³-hybridized carbons (Fsp3) is 0.381. The zero-order valence-corrected chi connectivity index (χ0v) is 15.8. The third kappa shape index (κ3) is 5.05. The standard InChI is InChI=1S/C21H26FN3O2/c1-24(2)19-8-6-16(7-9-19)20(25-10-12-27-13-11-25)15-23-21(26)17-4-3-5-18(22)14-17/h3-9,14,20H,10-13,15H2,1-2H3,(H,23,26). The van der Waals surface area contributed by atoms with Gasteiger partial charge in [0.2, 0.25) is 0 Å². The molecule has 144 valence electrons. The van der Waals surface area contributed by atoms with E-state index in [1.165, 1.54) is 12.1 Å². The average molecular weight is 371 g/mol. The first-order valence-electron chi connectivity index (χ1n) is 9.17. The SMILES string of the molecule is CN(C)c1ccc(C(CNC(=O)c2cccc(F)c2)N2CCOCC2)cc1. The van der Waals surface area contributed by atoms with E-state index < -0.39 is 5.82 Å². The van der Waals surface area contributed by atoms with Gasteiger partial charge in [-0.25, -0.2) is 4.39 Å². The fourth-order valence-corrected chi connectivity index (χ4v) is 3.26.